The van der Waals surface area contributed by atoms with E-state index in [-0.39, 0.29) is 12.7 Å². The van der Waals surface area contributed by atoms with Crippen molar-refractivity contribution in [3.05, 3.63) is 42.5 Å². The monoisotopic (exact) mass is 382 g/mol. The van der Waals surface area contributed by atoms with E-state index in [0.29, 0.717) is 13.0 Å². The molecule has 2 N–H and O–H groups in total. The quantitative estimate of drug-likeness (QED) is 0.801. The van der Waals surface area contributed by atoms with Gasteiger partial charge >= 0.3 is 0 Å². The molecule has 2 aromatic carbocycles. The Kier molecular flexibility index (Phi) is 5.53. The Bertz CT molecular complexity index is 817. The van der Waals surface area contributed by atoms with Gasteiger partial charge in [-0.1, -0.05) is 0 Å². The van der Waals surface area contributed by atoms with Gasteiger partial charge in [-0.3, -0.25) is 4.79 Å². The van der Waals surface area contributed by atoms with Crippen molar-refractivity contribution in [2.24, 2.45) is 0 Å². The number of carbonyl (C=O) groups is 1. The molecule has 4 rings (SSSR count). The van der Waals surface area contributed by atoms with Crippen LogP contribution in [-0.2, 0) is 4.79 Å². The first-order valence-corrected chi connectivity index (χ1v) is 9.64. The summed E-state index contributed by atoms with van der Waals surface area (Å²) < 4.78 is 10.7. The molecule has 0 radical (unpaired) electrons. The maximum Gasteiger partial charge on any atom is 0.231 e. The van der Waals surface area contributed by atoms with E-state index in [2.05, 4.69) is 39.6 Å². The standard InChI is InChI=1S/C21H26N4O3/c1-24-10-12-25(13-11-24)18-5-2-16(3-6-18)23-21(26)8-9-22-17-4-7-19-20(14-17)28-15-27-19/h2-7,14,22H,8-13,15H2,1H3,(H,23,26). The molecule has 2 aliphatic heterocycles. The highest BCUT2D eigenvalue weighted by atomic mass is 16.7. The van der Waals surface area contributed by atoms with Crippen LogP contribution >= 0.6 is 0 Å². The number of amides is 1. The number of nitrogens with zero attached hydrogens (tertiary/aromatic N) is 2. The smallest absolute Gasteiger partial charge is 0.231 e. The molecule has 0 unspecified atom stereocenters. The number of rotatable bonds is 6. The van der Waals surface area contributed by atoms with Crippen LogP contribution in [0, 0.1) is 0 Å². The zero-order chi connectivity index (χ0) is 19.3. The topological polar surface area (TPSA) is 66.1 Å². The second-order valence-corrected chi connectivity index (χ2v) is 7.13. The molecule has 148 valence electrons. The van der Waals surface area contributed by atoms with Crippen LogP contribution in [0.15, 0.2) is 42.5 Å². The number of carbonyl (C=O) groups excluding carboxylic acids is 1. The number of nitrogens with one attached hydrogen (secondary N) is 2. The maximum atomic E-state index is 12.2. The van der Waals surface area contributed by atoms with E-state index in [1.54, 1.807) is 0 Å². The number of ether oxygens (including phenoxy) is 2. The Labute approximate surface area is 165 Å². The lowest BCUT2D eigenvalue weighted by atomic mass is 10.2. The summed E-state index contributed by atoms with van der Waals surface area (Å²) >= 11 is 0. The van der Waals surface area contributed by atoms with Gasteiger partial charge in [0.2, 0.25) is 12.7 Å². The highest BCUT2D eigenvalue weighted by molar-refractivity contribution is 5.91. The third-order valence-electron chi connectivity index (χ3n) is 5.07. The summed E-state index contributed by atoms with van der Waals surface area (Å²) in [7, 11) is 2.15. The van der Waals surface area contributed by atoms with Gasteiger partial charge in [0.05, 0.1) is 0 Å². The van der Waals surface area contributed by atoms with Gasteiger partial charge in [-0.2, -0.15) is 0 Å². The predicted octanol–water partition coefficient (Wildman–Crippen LogP) is 2.61. The fourth-order valence-corrected chi connectivity index (χ4v) is 3.37. The van der Waals surface area contributed by atoms with Crippen molar-refractivity contribution in [3.63, 3.8) is 0 Å². The maximum absolute atomic E-state index is 12.2. The molecule has 0 bridgehead atoms. The zero-order valence-electron chi connectivity index (χ0n) is 16.1. The number of anilines is 3. The molecule has 0 atom stereocenters. The third-order valence-corrected chi connectivity index (χ3v) is 5.07. The van der Waals surface area contributed by atoms with Gasteiger partial charge in [0.15, 0.2) is 11.5 Å². The van der Waals surface area contributed by atoms with E-state index in [1.807, 2.05) is 30.3 Å². The first-order chi connectivity index (χ1) is 13.7. The summed E-state index contributed by atoms with van der Waals surface area (Å²) in [5, 5.41) is 6.20. The summed E-state index contributed by atoms with van der Waals surface area (Å²) in [6.45, 7) is 5.03. The highest BCUT2D eigenvalue weighted by Crippen LogP contribution is 2.34. The van der Waals surface area contributed by atoms with Gasteiger partial charge in [0.1, 0.15) is 0 Å². The number of likely N-dealkylation sites (N-methyl/N-ethyl adjacent to an activating group) is 1. The Balaban J connectivity index is 1.22. The molecule has 2 aliphatic rings. The third kappa shape index (κ3) is 4.48. The normalized spacial score (nSPS) is 16.1. The molecule has 1 amide bonds. The molecule has 2 aromatic rings. The van der Waals surface area contributed by atoms with Gasteiger partial charge < -0.3 is 29.9 Å². The van der Waals surface area contributed by atoms with Gasteiger partial charge in [-0.25, -0.2) is 0 Å². The van der Waals surface area contributed by atoms with E-state index in [9.17, 15) is 4.79 Å². The highest BCUT2D eigenvalue weighted by Gasteiger charge is 2.15. The van der Waals surface area contributed by atoms with E-state index >= 15 is 0 Å². The molecular formula is C21H26N4O3. The number of fused-ring (bicyclic) bond motifs is 1. The lowest BCUT2D eigenvalue weighted by molar-refractivity contribution is -0.115. The Morgan fingerprint density at radius 3 is 2.46 bits per heavy atom. The summed E-state index contributed by atoms with van der Waals surface area (Å²) in [6.07, 6.45) is 0.384. The van der Waals surface area contributed by atoms with Crippen LogP contribution in [0.1, 0.15) is 6.42 Å². The average Bonchev–Trinajstić information content (AvgIpc) is 3.17. The van der Waals surface area contributed by atoms with Gasteiger partial charge in [-0.05, 0) is 43.4 Å². The minimum atomic E-state index is -0.0133. The number of benzene rings is 2. The van der Waals surface area contributed by atoms with Crippen LogP contribution in [-0.4, -0.2) is 57.4 Å². The lowest BCUT2D eigenvalue weighted by Crippen LogP contribution is -2.44. The molecule has 1 saturated heterocycles. The first-order valence-electron chi connectivity index (χ1n) is 9.64. The Morgan fingerprint density at radius 2 is 1.68 bits per heavy atom. The van der Waals surface area contributed by atoms with Crippen molar-refractivity contribution in [1.82, 2.24) is 4.90 Å². The summed E-state index contributed by atoms with van der Waals surface area (Å²) in [4.78, 5) is 16.9. The fraction of sp³-hybridized carbons (Fsp3) is 0.381. The van der Waals surface area contributed by atoms with Crippen molar-refractivity contribution in [1.29, 1.82) is 0 Å². The van der Waals surface area contributed by atoms with Crippen molar-refractivity contribution in [3.8, 4) is 11.5 Å². The van der Waals surface area contributed by atoms with E-state index in [1.165, 1.54) is 5.69 Å². The molecule has 7 nitrogen and oxygen atoms in total. The van der Waals surface area contributed by atoms with Crippen LogP contribution < -0.4 is 25.0 Å². The van der Waals surface area contributed by atoms with Crippen molar-refractivity contribution in [2.75, 3.05) is 62.1 Å². The number of hydrogen-bond donors (Lipinski definition) is 2. The molecule has 0 aliphatic carbocycles. The Hall–Kier alpha value is -2.93. The molecule has 0 saturated carbocycles. The first kappa shape index (κ1) is 18.4. The van der Waals surface area contributed by atoms with E-state index in [0.717, 1.165) is 49.1 Å². The van der Waals surface area contributed by atoms with Crippen molar-refractivity contribution >= 4 is 23.0 Å². The average molecular weight is 382 g/mol. The molecular weight excluding hydrogens is 356 g/mol. The van der Waals surface area contributed by atoms with Crippen LogP contribution in [0.2, 0.25) is 0 Å². The molecule has 0 spiro atoms. The van der Waals surface area contributed by atoms with E-state index < -0.39 is 0 Å². The van der Waals surface area contributed by atoms with E-state index in [4.69, 9.17) is 9.47 Å². The SMILES string of the molecule is CN1CCN(c2ccc(NC(=O)CCNc3ccc4c(c3)OCO4)cc2)CC1. The molecule has 0 aromatic heterocycles. The molecule has 7 heteroatoms. The summed E-state index contributed by atoms with van der Waals surface area (Å²) in [5.74, 6) is 1.47. The zero-order valence-corrected chi connectivity index (χ0v) is 16.1. The minimum Gasteiger partial charge on any atom is -0.454 e. The predicted molar refractivity (Wildman–Crippen MR) is 110 cm³/mol. The van der Waals surface area contributed by atoms with Gasteiger partial charge in [0.25, 0.3) is 0 Å². The molecule has 1 fully saturated rings. The summed E-state index contributed by atoms with van der Waals surface area (Å²) in [5.41, 5.74) is 2.94. The molecule has 2 heterocycles. The second-order valence-electron chi connectivity index (χ2n) is 7.13. The lowest BCUT2D eigenvalue weighted by Gasteiger charge is -2.34. The van der Waals surface area contributed by atoms with Crippen LogP contribution in [0.5, 0.6) is 11.5 Å². The fourth-order valence-electron chi connectivity index (χ4n) is 3.37. The second kappa shape index (κ2) is 8.39. The van der Waals surface area contributed by atoms with Crippen LogP contribution in [0.25, 0.3) is 0 Å². The molecule has 28 heavy (non-hydrogen) atoms. The Morgan fingerprint density at radius 1 is 0.964 bits per heavy atom. The van der Waals surface area contributed by atoms with Crippen LogP contribution in [0.3, 0.4) is 0 Å². The number of piperazine rings is 1. The number of hydrogen-bond acceptors (Lipinski definition) is 6. The largest absolute Gasteiger partial charge is 0.454 e. The van der Waals surface area contributed by atoms with Gasteiger partial charge in [-0.15, -0.1) is 0 Å². The van der Waals surface area contributed by atoms with Crippen molar-refractivity contribution in [2.45, 2.75) is 6.42 Å². The minimum absolute atomic E-state index is 0.0133. The van der Waals surface area contributed by atoms with Gasteiger partial charge in [0, 0.05) is 62.3 Å². The summed E-state index contributed by atoms with van der Waals surface area (Å²) in [6, 6.07) is 13.8. The van der Waals surface area contributed by atoms with Crippen LogP contribution in [0.4, 0.5) is 17.1 Å². The van der Waals surface area contributed by atoms with Crippen molar-refractivity contribution < 1.29 is 14.3 Å².